The number of rotatable bonds is 3. The van der Waals surface area contributed by atoms with Crippen LogP contribution < -0.4 is 0 Å². The molecule has 2 rings (SSSR count). The van der Waals surface area contributed by atoms with Gasteiger partial charge in [0.25, 0.3) is 5.82 Å². The van der Waals surface area contributed by atoms with Crippen LogP contribution >= 0.6 is 11.8 Å². The van der Waals surface area contributed by atoms with E-state index >= 15 is 0 Å². The summed E-state index contributed by atoms with van der Waals surface area (Å²) in [7, 11) is 0. The van der Waals surface area contributed by atoms with Crippen LogP contribution in [0.2, 0.25) is 0 Å². The van der Waals surface area contributed by atoms with Crippen molar-refractivity contribution in [3.8, 4) is 0 Å². The van der Waals surface area contributed by atoms with Crippen LogP contribution in [-0.4, -0.2) is 33.5 Å². The zero-order chi connectivity index (χ0) is 10.7. The van der Waals surface area contributed by atoms with Crippen LogP contribution in [0.5, 0.6) is 0 Å². The minimum absolute atomic E-state index is 0.138. The summed E-state index contributed by atoms with van der Waals surface area (Å²) >= 11 is 1.85. The maximum Gasteiger partial charge on any atom is 0.378 e. The number of carbonyl (C=O) groups excluding carboxylic acids is 1. The van der Waals surface area contributed by atoms with E-state index in [0.717, 1.165) is 18.0 Å². The van der Waals surface area contributed by atoms with Crippen LogP contribution in [0.1, 0.15) is 41.5 Å². The maximum absolute atomic E-state index is 11.3. The van der Waals surface area contributed by atoms with Crippen molar-refractivity contribution in [1.29, 1.82) is 0 Å². The van der Waals surface area contributed by atoms with Crippen molar-refractivity contribution in [3.05, 3.63) is 11.6 Å². The third-order valence-electron chi connectivity index (χ3n) is 2.20. The molecule has 6 heteroatoms. The second kappa shape index (κ2) is 4.65. The molecule has 1 unspecified atom stereocenters. The molecule has 1 aliphatic rings. The Labute approximate surface area is 92.0 Å². The molecule has 15 heavy (non-hydrogen) atoms. The standard InChI is InChI=1S/C9H13N3O2S/c1-2-14-9(13)8-10-7(11-12-8)6-4-3-5-15-6/h6H,2-5H2,1H3,(H,10,11,12). The molecule has 82 valence electrons. The zero-order valence-corrected chi connectivity index (χ0v) is 9.34. The van der Waals surface area contributed by atoms with Gasteiger partial charge in [0.15, 0.2) is 0 Å². The van der Waals surface area contributed by atoms with Gasteiger partial charge in [-0.05, 0) is 25.5 Å². The van der Waals surface area contributed by atoms with Crippen molar-refractivity contribution in [1.82, 2.24) is 15.2 Å². The molecule has 5 nitrogen and oxygen atoms in total. The van der Waals surface area contributed by atoms with E-state index in [2.05, 4.69) is 15.2 Å². The van der Waals surface area contributed by atoms with Gasteiger partial charge in [0.05, 0.1) is 11.9 Å². The number of H-pyrrole nitrogens is 1. The molecule has 0 spiro atoms. The predicted molar refractivity (Wildman–Crippen MR) is 56.8 cm³/mol. The average molecular weight is 227 g/mol. The van der Waals surface area contributed by atoms with Gasteiger partial charge in [-0.15, -0.1) is 5.10 Å². The number of esters is 1. The number of aromatic amines is 1. The molecule has 0 aromatic carbocycles. The number of nitrogens with zero attached hydrogens (tertiary/aromatic N) is 2. The first kappa shape index (κ1) is 10.5. The Morgan fingerprint density at radius 3 is 3.27 bits per heavy atom. The van der Waals surface area contributed by atoms with Crippen LogP contribution in [0.25, 0.3) is 0 Å². The lowest BCUT2D eigenvalue weighted by Gasteiger charge is -2.01. The molecule has 1 aromatic heterocycles. The first-order chi connectivity index (χ1) is 7.31. The Bertz CT molecular complexity index is 347. The largest absolute Gasteiger partial charge is 0.460 e. The lowest BCUT2D eigenvalue weighted by atomic mass is 10.2. The number of hydrogen-bond donors (Lipinski definition) is 1. The molecule has 0 radical (unpaired) electrons. The van der Waals surface area contributed by atoms with Crippen LogP contribution in [0.4, 0.5) is 0 Å². The normalized spacial score (nSPS) is 20.5. The summed E-state index contributed by atoms with van der Waals surface area (Å²) in [6.45, 7) is 2.11. The van der Waals surface area contributed by atoms with Crippen molar-refractivity contribution in [2.75, 3.05) is 12.4 Å². The first-order valence-corrected chi connectivity index (χ1v) is 6.07. The fourth-order valence-electron chi connectivity index (χ4n) is 1.50. The summed E-state index contributed by atoms with van der Waals surface area (Å²) in [5.41, 5.74) is 0. The molecule has 0 aliphatic carbocycles. The van der Waals surface area contributed by atoms with E-state index in [-0.39, 0.29) is 5.82 Å². The molecule has 1 saturated heterocycles. The highest BCUT2D eigenvalue weighted by Gasteiger charge is 2.23. The van der Waals surface area contributed by atoms with E-state index < -0.39 is 5.97 Å². The summed E-state index contributed by atoms with van der Waals surface area (Å²) < 4.78 is 4.81. The van der Waals surface area contributed by atoms with Gasteiger partial charge in [0.2, 0.25) is 0 Å². The molecule has 1 fully saturated rings. The highest BCUT2D eigenvalue weighted by Crippen LogP contribution is 2.37. The smallest absolute Gasteiger partial charge is 0.378 e. The Morgan fingerprint density at radius 1 is 1.73 bits per heavy atom. The molecular weight excluding hydrogens is 214 g/mol. The number of hydrogen-bond acceptors (Lipinski definition) is 5. The van der Waals surface area contributed by atoms with Gasteiger partial charge in [-0.2, -0.15) is 11.8 Å². The highest BCUT2D eigenvalue weighted by molar-refractivity contribution is 7.99. The Kier molecular flexibility index (Phi) is 3.25. The minimum Gasteiger partial charge on any atom is -0.460 e. The summed E-state index contributed by atoms with van der Waals surface area (Å²) in [6, 6.07) is 0. The van der Waals surface area contributed by atoms with Gasteiger partial charge in [0, 0.05) is 0 Å². The topological polar surface area (TPSA) is 67.9 Å². The second-order valence-corrected chi connectivity index (χ2v) is 4.58. The van der Waals surface area contributed by atoms with Crippen LogP contribution in [-0.2, 0) is 4.74 Å². The number of ether oxygens (including phenoxy) is 1. The Morgan fingerprint density at radius 2 is 2.60 bits per heavy atom. The Hall–Kier alpha value is -1.04. The summed E-state index contributed by atoms with van der Waals surface area (Å²) in [6.07, 6.45) is 2.30. The van der Waals surface area contributed by atoms with Crippen LogP contribution in [0.3, 0.4) is 0 Å². The van der Waals surface area contributed by atoms with Gasteiger partial charge >= 0.3 is 5.97 Å². The number of thioether (sulfide) groups is 1. The molecule has 2 heterocycles. The zero-order valence-electron chi connectivity index (χ0n) is 8.52. The van der Waals surface area contributed by atoms with Gasteiger partial charge < -0.3 is 4.74 Å². The lowest BCUT2D eigenvalue weighted by molar-refractivity contribution is 0.0512. The predicted octanol–water partition coefficient (Wildman–Crippen LogP) is 1.55. The third kappa shape index (κ3) is 2.31. The third-order valence-corrected chi connectivity index (χ3v) is 3.58. The molecule has 0 bridgehead atoms. The fourth-order valence-corrected chi connectivity index (χ4v) is 2.71. The number of aromatic nitrogens is 3. The maximum atomic E-state index is 11.3. The average Bonchev–Trinajstić information content (AvgIpc) is 2.89. The Balaban J connectivity index is 2.06. The molecule has 0 amide bonds. The van der Waals surface area contributed by atoms with Gasteiger partial charge in [-0.3, -0.25) is 5.10 Å². The summed E-state index contributed by atoms with van der Waals surface area (Å²) in [5, 5.41) is 7.02. The monoisotopic (exact) mass is 227 g/mol. The van der Waals surface area contributed by atoms with Crippen molar-refractivity contribution in [2.24, 2.45) is 0 Å². The second-order valence-electron chi connectivity index (χ2n) is 3.27. The number of nitrogens with one attached hydrogen (secondary N) is 1. The van der Waals surface area contributed by atoms with E-state index in [4.69, 9.17) is 4.74 Å². The highest BCUT2D eigenvalue weighted by atomic mass is 32.2. The van der Waals surface area contributed by atoms with Crippen molar-refractivity contribution >= 4 is 17.7 Å². The molecule has 1 N–H and O–H groups in total. The van der Waals surface area contributed by atoms with E-state index in [1.165, 1.54) is 6.42 Å². The summed E-state index contributed by atoms with van der Waals surface area (Å²) in [5.74, 6) is 1.63. The molecule has 1 atom stereocenters. The molecule has 1 aromatic rings. The minimum atomic E-state index is -0.456. The van der Waals surface area contributed by atoms with E-state index in [1.807, 2.05) is 11.8 Å². The van der Waals surface area contributed by atoms with Crippen LogP contribution in [0, 0.1) is 0 Å². The lowest BCUT2D eigenvalue weighted by Crippen LogP contribution is -2.06. The van der Waals surface area contributed by atoms with Crippen molar-refractivity contribution in [2.45, 2.75) is 25.0 Å². The van der Waals surface area contributed by atoms with Crippen LogP contribution in [0.15, 0.2) is 0 Å². The molecule has 1 aliphatic heterocycles. The molecular formula is C9H13N3O2S. The summed E-state index contributed by atoms with van der Waals surface area (Å²) in [4.78, 5) is 15.4. The number of carbonyl (C=O) groups is 1. The van der Waals surface area contributed by atoms with Gasteiger partial charge in [-0.1, -0.05) is 0 Å². The first-order valence-electron chi connectivity index (χ1n) is 5.02. The van der Waals surface area contributed by atoms with Crippen molar-refractivity contribution in [3.63, 3.8) is 0 Å². The fraction of sp³-hybridized carbons (Fsp3) is 0.667. The van der Waals surface area contributed by atoms with Crippen molar-refractivity contribution < 1.29 is 9.53 Å². The van der Waals surface area contributed by atoms with E-state index in [9.17, 15) is 4.79 Å². The van der Waals surface area contributed by atoms with E-state index in [0.29, 0.717) is 11.9 Å². The van der Waals surface area contributed by atoms with Gasteiger partial charge in [0.1, 0.15) is 5.82 Å². The van der Waals surface area contributed by atoms with E-state index in [1.54, 1.807) is 6.92 Å². The SMILES string of the molecule is CCOC(=O)c1n[nH]c(C2CCCS2)n1. The molecule has 0 saturated carbocycles. The quantitative estimate of drug-likeness (QED) is 0.793. The van der Waals surface area contributed by atoms with Gasteiger partial charge in [-0.25, -0.2) is 9.78 Å².